The van der Waals surface area contributed by atoms with Crippen LogP contribution in [0.1, 0.15) is 28.7 Å². The third-order valence-electron chi connectivity index (χ3n) is 3.98. The Bertz CT molecular complexity index is 878. The summed E-state index contributed by atoms with van der Waals surface area (Å²) in [6, 6.07) is 11.6. The number of ether oxygens (including phenoxy) is 2. The second-order valence-electron chi connectivity index (χ2n) is 6.83. The van der Waals surface area contributed by atoms with Gasteiger partial charge < -0.3 is 25.0 Å². The fraction of sp³-hybridized carbons (Fsp3) is 0.400. The van der Waals surface area contributed by atoms with Gasteiger partial charge in [0.2, 0.25) is 0 Å². The van der Waals surface area contributed by atoms with Gasteiger partial charge in [-0.15, -0.1) is 11.3 Å². The van der Waals surface area contributed by atoms with Crippen LogP contribution in [0.5, 0.6) is 5.75 Å². The molecule has 1 atom stereocenters. The van der Waals surface area contributed by atoms with E-state index in [9.17, 15) is 4.57 Å². The Morgan fingerprint density at radius 2 is 1.93 bits per heavy atom. The molecule has 0 aliphatic rings. The monoisotopic (exact) mass is 439 g/mol. The molecule has 0 aliphatic heterocycles. The first-order valence-electron chi connectivity index (χ1n) is 8.94. The molecule has 1 aromatic carbocycles. The first-order chi connectivity index (χ1) is 13.7. The molecule has 1 unspecified atom stereocenters. The number of benzene rings is 1. The molecule has 7 nitrogen and oxygen atoms in total. The molecule has 0 amide bonds. The Hall–Kier alpha value is -1.69. The summed E-state index contributed by atoms with van der Waals surface area (Å²) in [7, 11) is -2.88. The molecule has 2 rings (SSSR count). The largest absolute Gasteiger partial charge is 0.497 e. The number of rotatable bonds is 10. The van der Waals surface area contributed by atoms with Gasteiger partial charge in [0.15, 0.2) is 0 Å². The minimum absolute atomic E-state index is 0.207. The van der Waals surface area contributed by atoms with Gasteiger partial charge in [0.25, 0.3) is 0 Å². The number of hydrogen-bond acceptors (Lipinski definition) is 6. The molecule has 0 saturated carbocycles. The van der Waals surface area contributed by atoms with Crippen LogP contribution in [0.3, 0.4) is 0 Å². The van der Waals surface area contributed by atoms with Crippen molar-refractivity contribution in [2.75, 3.05) is 20.3 Å². The fourth-order valence-corrected chi connectivity index (χ4v) is 3.70. The minimum Gasteiger partial charge on any atom is -0.497 e. The third kappa shape index (κ3) is 9.57. The highest BCUT2D eigenvalue weighted by molar-refractivity contribution is 7.46. The minimum atomic E-state index is -4.51. The van der Waals surface area contributed by atoms with Crippen LogP contribution in [0, 0.1) is 11.8 Å². The van der Waals surface area contributed by atoms with Gasteiger partial charge in [-0.3, -0.25) is 4.52 Å². The highest BCUT2D eigenvalue weighted by atomic mass is 32.1. The second-order valence-corrected chi connectivity index (χ2v) is 9.23. The SMILES string of the molecule is COc1ccc(COCC#Cc2ccc(CCC(C)(N)COP(=O)(O)O)s2)cc1. The van der Waals surface area contributed by atoms with Crippen LogP contribution in [-0.4, -0.2) is 35.6 Å². The molecular weight excluding hydrogens is 413 g/mol. The Kier molecular flexibility index (Phi) is 8.87. The Morgan fingerprint density at radius 3 is 2.59 bits per heavy atom. The molecular formula is C20H26NO6PS. The van der Waals surface area contributed by atoms with Gasteiger partial charge in [-0.2, -0.15) is 0 Å². The maximum absolute atomic E-state index is 10.8. The van der Waals surface area contributed by atoms with E-state index in [1.807, 2.05) is 36.4 Å². The topological polar surface area (TPSA) is 111 Å². The summed E-state index contributed by atoms with van der Waals surface area (Å²) in [4.78, 5) is 19.6. The van der Waals surface area contributed by atoms with E-state index < -0.39 is 13.4 Å². The Morgan fingerprint density at radius 1 is 1.21 bits per heavy atom. The summed E-state index contributed by atoms with van der Waals surface area (Å²) in [5.74, 6) is 6.89. The van der Waals surface area contributed by atoms with Crippen molar-refractivity contribution in [2.45, 2.75) is 31.9 Å². The molecule has 158 valence electrons. The number of phosphoric acid groups is 1. The summed E-state index contributed by atoms with van der Waals surface area (Å²) in [5.41, 5.74) is 6.27. The third-order valence-corrected chi connectivity index (χ3v) is 5.51. The van der Waals surface area contributed by atoms with Gasteiger partial charge in [0.1, 0.15) is 12.4 Å². The number of thiophene rings is 1. The first kappa shape index (κ1) is 23.6. The molecule has 0 radical (unpaired) electrons. The van der Waals surface area contributed by atoms with Gasteiger partial charge in [-0.1, -0.05) is 24.0 Å². The zero-order valence-electron chi connectivity index (χ0n) is 16.5. The highest BCUT2D eigenvalue weighted by Crippen LogP contribution is 2.37. The van der Waals surface area contributed by atoms with Gasteiger partial charge in [0.05, 0.1) is 25.2 Å². The summed E-state index contributed by atoms with van der Waals surface area (Å²) >= 11 is 1.56. The average Bonchev–Trinajstić information content (AvgIpc) is 3.13. The molecule has 1 heterocycles. The van der Waals surface area contributed by atoms with Crippen molar-refractivity contribution in [3.8, 4) is 17.6 Å². The van der Waals surface area contributed by atoms with Crippen molar-refractivity contribution in [3.05, 3.63) is 51.7 Å². The van der Waals surface area contributed by atoms with Crippen LogP contribution < -0.4 is 10.5 Å². The molecule has 4 N–H and O–H groups in total. The summed E-state index contributed by atoms with van der Waals surface area (Å²) in [6.45, 7) is 2.32. The lowest BCUT2D eigenvalue weighted by Gasteiger charge is -2.24. The second kappa shape index (κ2) is 10.9. The van der Waals surface area contributed by atoms with Crippen LogP contribution in [0.15, 0.2) is 36.4 Å². The lowest BCUT2D eigenvalue weighted by molar-refractivity contribution is 0.153. The van der Waals surface area contributed by atoms with Crippen molar-refractivity contribution in [3.63, 3.8) is 0 Å². The molecule has 0 bridgehead atoms. The van der Waals surface area contributed by atoms with Crippen molar-refractivity contribution < 1.29 is 28.3 Å². The van der Waals surface area contributed by atoms with Gasteiger partial charge in [-0.25, -0.2) is 4.57 Å². The van der Waals surface area contributed by atoms with Gasteiger partial charge in [0, 0.05) is 10.4 Å². The zero-order valence-corrected chi connectivity index (χ0v) is 18.2. The van der Waals surface area contributed by atoms with Crippen LogP contribution in [0.2, 0.25) is 0 Å². The zero-order chi connectivity index (χ0) is 21.3. The molecule has 29 heavy (non-hydrogen) atoms. The number of aryl methyl sites for hydroxylation is 1. The van der Waals surface area contributed by atoms with Crippen molar-refractivity contribution in [2.24, 2.45) is 5.73 Å². The van der Waals surface area contributed by atoms with Crippen LogP contribution in [0.25, 0.3) is 0 Å². The standard InChI is InChI=1S/C20H26NO6PS/c1-20(21,15-27-28(22,23)24)12-11-19-10-9-18(29-19)4-3-13-26-14-16-5-7-17(25-2)8-6-16/h5-10H,11-15,21H2,1-2H3,(H2,22,23,24). The van der Waals surface area contributed by atoms with E-state index in [4.69, 9.17) is 25.0 Å². The number of hydrogen-bond donors (Lipinski definition) is 3. The van der Waals surface area contributed by atoms with Crippen molar-refractivity contribution >= 4 is 19.2 Å². The van der Waals surface area contributed by atoms with Gasteiger partial charge >= 0.3 is 7.82 Å². The molecule has 2 aromatic rings. The van der Waals surface area contributed by atoms with Gasteiger partial charge in [-0.05, 0) is 49.6 Å². The van der Waals surface area contributed by atoms with E-state index in [2.05, 4.69) is 16.4 Å². The number of nitrogens with two attached hydrogens (primary N) is 1. The Balaban J connectivity index is 1.73. The molecule has 9 heteroatoms. The van der Waals surface area contributed by atoms with E-state index in [0.29, 0.717) is 26.1 Å². The van der Waals surface area contributed by atoms with Crippen molar-refractivity contribution in [1.29, 1.82) is 0 Å². The summed E-state index contributed by atoms with van der Waals surface area (Å²) < 4.78 is 26.0. The smallest absolute Gasteiger partial charge is 0.469 e. The number of phosphoric ester groups is 1. The lowest BCUT2D eigenvalue weighted by atomic mass is 9.98. The molecule has 0 spiro atoms. The first-order valence-corrected chi connectivity index (χ1v) is 11.3. The molecule has 0 fully saturated rings. The molecule has 1 aromatic heterocycles. The molecule has 0 saturated heterocycles. The maximum Gasteiger partial charge on any atom is 0.469 e. The normalized spacial score (nSPS) is 13.4. The fourth-order valence-electron chi connectivity index (χ4n) is 2.36. The van der Waals surface area contributed by atoms with Crippen molar-refractivity contribution in [1.82, 2.24) is 0 Å². The lowest BCUT2D eigenvalue weighted by Crippen LogP contribution is -2.41. The number of methoxy groups -OCH3 is 1. The quantitative estimate of drug-likeness (QED) is 0.296. The van der Waals surface area contributed by atoms with E-state index in [1.165, 1.54) is 0 Å². The Labute approximate surface area is 175 Å². The highest BCUT2D eigenvalue weighted by Gasteiger charge is 2.24. The summed E-state index contributed by atoms with van der Waals surface area (Å²) in [5, 5.41) is 0. The van der Waals surface area contributed by atoms with E-state index in [-0.39, 0.29) is 6.61 Å². The van der Waals surface area contributed by atoms with E-state index in [1.54, 1.807) is 25.4 Å². The predicted octanol–water partition coefficient (Wildman–Crippen LogP) is 3.08. The predicted molar refractivity (Wildman–Crippen MR) is 113 cm³/mol. The van der Waals surface area contributed by atoms with Crippen LogP contribution >= 0.6 is 19.2 Å². The van der Waals surface area contributed by atoms with Crippen LogP contribution in [-0.2, 0) is 26.9 Å². The summed E-state index contributed by atoms with van der Waals surface area (Å²) in [6.07, 6.45) is 1.21. The average molecular weight is 439 g/mol. The van der Waals surface area contributed by atoms with Crippen LogP contribution in [0.4, 0.5) is 0 Å². The molecule has 0 aliphatic carbocycles. The van der Waals surface area contributed by atoms with E-state index in [0.717, 1.165) is 21.1 Å². The van der Waals surface area contributed by atoms with E-state index >= 15 is 0 Å². The maximum atomic E-state index is 10.8.